The highest BCUT2D eigenvalue weighted by molar-refractivity contribution is 7.51. The molecule has 3 rings (SSSR count). The lowest BCUT2D eigenvalue weighted by Gasteiger charge is -2.21. The average molecular weight is 556 g/mol. The largest absolute Gasteiger partial charge is 0.494 e. The van der Waals surface area contributed by atoms with Gasteiger partial charge in [0.25, 0.3) is 0 Å². The average Bonchev–Trinajstić information content (AvgIpc) is 3.32. The molecule has 0 radical (unpaired) electrons. The van der Waals surface area contributed by atoms with Crippen LogP contribution in [-0.4, -0.2) is 45.3 Å². The van der Waals surface area contributed by atoms with E-state index in [1.54, 1.807) is 0 Å². The van der Waals surface area contributed by atoms with Crippen LogP contribution in [0.3, 0.4) is 0 Å². The van der Waals surface area contributed by atoms with Gasteiger partial charge in [-0.3, -0.25) is 4.79 Å². The zero-order valence-corrected chi connectivity index (χ0v) is 24.9. The van der Waals surface area contributed by atoms with Crippen LogP contribution < -0.4 is 4.74 Å². The van der Waals surface area contributed by atoms with E-state index in [2.05, 4.69) is 44.7 Å². The second-order valence-corrected chi connectivity index (χ2v) is 10.00. The molecule has 7 heteroatoms. The van der Waals surface area contributed by atoms with Crippen molar-refractivity contribution in [3.63, 3.8) is 0 Å². The summed E-state index contributed by atoms with van der Waals surface area (Å²) >= 11 is -0.750. The molecule has 1 heterocycles. The Hall–Kier alpha value is -2.77. The quantitative estimate of drug-likeness (QED) is 0.126. The van der Waals surface area contributed by atoms with E-state index in [1.807, 2.05) is 30.3 Å². The molecule has 0 spiro atoms. The van der Waals surface area contributed by atoms with Crippen LogP contribution in [0.2, 0.25) is 0 Å². The van der Waals surface area contributed by atoms with Crippen molar-refractivity contribution in [2.24, 2.45) is 0 Å². The van der Waals surface area contributed by atoms with Gasteiger partial charge in [-0.1, -0.05) is 53.0 Å². The molecular weight excluding hydrogens is 510 g/mol. The van der Waals surface area contributed by atoms with Crippen LogP contribution in [0.4, 0.5) is 0 Å². The van der Waals surface area contributed by atoms with Crippen LogP contribution in [-0.2, 0) is 24.4 Å². The molecule has 0 saturated heterocycles. The first kappa shape index (κ1) is 32.4. The highest BCUT2D eigenvalue weighted by Crippen LogP contribution is 2.31. The van der Waals surface area contributed by atoms with Gasteiger partial charge in [-0.2, -0.15) is 8.42 Å². The lowest BCUT2D eigenvalue weighted by molar-refractivity contribution is 0.103. The van der Waals surface area contributed by atoms with E-state index in [4.69, 9.17) is 17.6 Å². The van der Waals surface area contributed by atoms with Crippen molar-refractivity contribution < 1.29 is 22.4 Å². The van der Waals surface area contributed by atoms with Crippen molar-refractivity contribution in [3.8, 4) is 5.75 Å². The molecule has 0 N–H and O–H groups in total. The topological polar surface area (TPSA) is 76.8 Å². The number of fused-ring (bicyclic) bond motifs is 1. The molecule has 1 aromatic heterocycles. The molecule has 0 aliphatic carbocycles. The molecule has 0 saturated carbocycles. The summed E-state index contributed by atoms with van der Waals surface area (Å²) in [5.74, 6) is 1.65. The number of unbranched alkanes of at least 4 members (excludes halogenated alkanes) is 3. The third-order valence-corrected chi connectivity index (χ3v) is 6.88. The maximum atomic E-state index is 13.6. The zero-order valence-electron chi connectivity index (χ0n) is 24.1. The monoisotopic (exact) mass is 555 g/mol. The SMILES string of the molecule is CCCCc1oc2ccc(CC)cc2c1C(=O)c1ccc(OCCCN(CCCC)CCCC)cc1.O=S=O. The Balaban J connectivity index is 0.00000170. The third kappa shape index (κ3) is 10.4. The van der Waals surface area contributed by atoms with Gasteiger partial charge < -0.3 is 14.1 Å². The Labute approximate surface area is 237 Å². The lowest BCUT2D eigenvalue weighted by atomic mass is 9.97. The van der Waals surface area contributed by atoms with E-state index in [1.165, 1.54) is 44.3 Å². The minimum atomic E-state index is -0.750. The molecule has 0 aliphatic heterocycles. The smallest absolute Gasteiger partial charge is 0.335 e. The number of carbonyl (C=O) groups is 1. The molecule has 6 nitrogen and oxygen atoms in total. The van der Waals surface area contributed by atoms with E-state index >= 15 is 0 Å². The maximum Gasteiger partial charge on any atom is 0.335 e. The predicted molar refractivity (Wildman–Crippen MR) is 159 cm³/mol. The third-order valence-electron chi connectivity index (χ3n) is 6.88. The van der Waals surface area contributed by atoms with E-state index in [0.717, 1.165) is 66.7 Å². The molecule has 0 unspecified atom stereocenters. The fraction of sp³-hybridized carbons (Fsp3) is 0.531. The van der Waals surface area contributed by atoms with Gasteiger partial charge >= 0.3 is 11.6 Å². The summed E-state index contributed by atoms with van der Waals surface area (Å²) in [5.41, 5.74) is 3.41. The van der Waals surface area contributed by atoms with E-state index in [-0.39, 0.29) is 5.78 Å². The van der Waals surface area contributed by atoms with Gasteiger partial charge in [-0.25, -0.2) is 0 Å². The molecular formula is C32H45NO5S. The highest BCUT2D eigenvalue weighted by Gasteiger charge is 2.22. The number of nitrogens with zero attached hydrogens (tertiary/aromatic N) is 1. The molecule has 0 fully saturated rings. The molecule has 0 aliphatic rings. The van der Waals surface area contributed by atoms with Crippen molar-refractivity contribution in [1.29, 1.82) is 0 Å². The Kier molecular flexibility index (Phi) is 15.4. The second-order valence-electron chi connectivity index (χ2n) is 9.86. The van der Waals surface area contributed by atoms with E-state index < -0.39 is 11.6 Å². The van der Waals surface area contributed by atoms with Crippen molar-refractivity contribution in [2.75, 3.05) is 26.2 Å². The summed E-state index contributed by atoms with van der Waals surface area (Å²) in [5, 5.41) is 0.932. The fourth-order valence-electron chi connectivity index (χ4n) is 4.60. The number of ketones is 1. The Morgan fingerprint density at radius 1 is 0.846 bits per heavy atom. The van der Waals surface area contributed by atoms with Gasteiger partial charge in [-0.05, 0) is 87.2 Å². The normalized spacial score (nSPS) is 10.9. The first-order valence-corrected chi connectivity index (χ1v) is 15.1. The second kappa shape index (κ2) is 18.5. The van der Waals surface area contributed by atoms with Gasteiger partial charge in [0.2, 0.25) is 0 Å². The van der Waals surface area contributed by atoms with Crippen molar-refractivity contribution >= 4 is 28.3 Å². The van der Waals surface area contributed by atoms with Crippen LogP contribution in [0.25, 0.3) is 11.0 Å². The first-order chi connectivity index (χ1) is 19.0. The van der Waals surface area contributed by atoms with Crippen molar-refractivity contribution in [2.45, 2.75) is 85.5 Å². The first-order valence-electron chi connectivity index (χ1n) is 14.5. The van der Waals surface area contributed by atoms with E-state index in [0.29, 0.717) is 12.2 Å². The van der Waals surface area contributed by atoms with Crippen LogP contribution in [0.15, 0.2) is 46.9 Å². The van der Waals surface area contributed by atoms with Gasteiger partial charge in [0.05, 0.1) is 12.2 Å². The van der Waals surface area contributed by atoms with Gasteiger partial charge in [0.1, 0.15) is 17.1 Å². The van der Waals surface area contributed by atoms with Crippen molar-refractivity contribution in [1.82, 2.24) is 4.90 Å². The minimum absolute atomic E-state index is 0.0298. The number of ether oxygens (including phenoxy) is 1. The van der Waals surface area contributed by atoms with Gasteiger partial charge in [0.15, 0.2) is 5.78 Å². The van der Waals surface area contributed by atoms with Crippen LogP contribution in [0.5, 0.6) is 5.75 Å². The molecule has 2 aromatic carbocycles. The number of hydrogen-bond donors (Lipinski definition) is 0. The molecule has 0 bridgehead atoms. The Bertz CT molecular complexity index is 1160. The number of carbonyl (C=O) groups excluding carboxylic acids is 1. The zero-order chi connectivity index (χ0) is 28.5. The van der Waals surface area contributed by atoms with Gasteiger partial charge in [0, 0.05) is 23.9 Å². The summed E-state index contributed by atoms with van der Waals surface area (Å²) in [6, 6.07) is 13.8. The summed E-state index contributed by atoms with van der Waals surface area (Å²) in [6.07, 6.45) is 9.76. The van der Waals surface area contributed by atoms with Gasteiger partial charge in [-0.15, -0.1) is 0 Å². The highest BCUT2D eigenvalue weighted by atomic mass is 32.1. The van der Waals surface area contributed by atoms with E-state index in [9.17, 15) is 4.79 Å². The molecule has 3 aromatic rings. The molecule has 39 heavy (non-hydrogen) atoms. The van der Waals surface area contributed by atoms with Crippen LogP contribution in [0, 0.1) is 0 Å². The predicted octanol–water partition coefficient (Wildman–Crippen LogP) is 7.57. The summed E-state index contributed by atoms with van der Waals surface area (Å²) < 4.78 is 28.7. The molecule has 0 amide bonds. The number of rotatable bonds is 17. The van der Waals surface area contributed by atoms with Crippen LogP contribution >= 0.6 is 0 Å². The Morgan fingerprint density at radius 2 is 1.46 bits per heavy atom. The molecule has 214 valence electrons. The number of hydrogen-bond acceptors (Lipinski definition) is 6. The summed E-state index contributed by atoms with van der Waals surface area (Å²) in [7, 11) is 0. The molecule has 0 atom stereocenters. The maximum absolute atomic E-state index is 13.6. The number of aryl methyl sites for hydroxylation is 2. The van der Waals surface area contributed by atoms with Crippen LogP contribution in [0.1, 0.15) is 99.9 Å². The summed E-state index contributed by atoms with van der Waals surface area (Å²) in [4.78, 5) is 16.2. The fourth-order valence-corrected chi connectivity index (χ4v) is 4.60. The summed E-state index contributed by atoms with van der Waals surface area (Å²) in [6.45, 7) is 12.9. The standard InChI is InChI=1S/C32H45NO3.O2S/c1-5-9-13-30-31(28-24-25(8-4)14-19-29(28)36-30)32(34)26-15-17-27(18-16-26)35-23-12-22-33(20-10-6-2)21-11-7-3;1-3-2/h14-19,24H,5-13,20-23H2,1-4H3;. The minimum Gasteiger partial charge on any atom is -0.494 e. The number of benzene rings is 2. The van der Waals surface area contributed by atoms with Crippen molar-refractivity contribution in [3.05, 3.63) is 64.9 Å². The Morgan fingerprint density at radius 3 is 2.05 bits per heavy atom. The number of furan rings is 1. The lowest BCUT2D eigenvalue weighted by Crippen LogP contribution is -2.28.